The summed E-state index contributed by atoms with van der Waals surface area (Å²) in [5.41, 5.74) is 6.65. The van der Waals surface area contributed by atoms with Crippen LogP contribution in [0, 0.1) is 11.8 Å². The van der Waals surface area contributed by atoms with Crippen molar-refractivity contribution in [2.45, 2.75) is 113 Å². The number of nitrogens with zero attached hydrogens (tertiary/aromatic N) is 1. The first-order chi connectivity index (χ1) is 29.4. The third-order valence-corrected chi connectivity index (χ3v) is 12.6. The molecular weight excluding hydrogens is 829 g/mol. The molecule has 3 aliphatic heterocycles. The highest BCUT2D eigenvalue weighted by Crippen LogP contribution is 2.32. The van der Waals surface area contributed by atoms with Crippen LogP contribution >= 0.6 is 11.8 Å². The van der Waals surface area contributed by atoms with Gasteiger partial charge in [0, 0.05) is 42.6 Å². The van der Waals surface area contributed by atoms with Gasteiger partial charge in [0.1, 0.15) is 42.3 Å². The molecule has 3 aliphatic rings. The third kappa shape index (κ3) is 11.4. The van der Waals surface area contributed by atoms with E-state index < -0.39 is 133 Å². The Labute approximate surface area is 361 Å². The quantitative estimate of drug-likeness (QED) is 0.131. The monoisotopic (exact) mass is 884 g/mol. The van der Waals surface area contributed by atoms with E-state index in [-0.39, 0.29) is 31.6 Å². The first-order valence-corrected chi connectivity index (χ1v) is 21.6. The van der Waals surface area contributed by atoms with E-state index in [4.69, 9.17) is 5.73 Å². The number of aromatic amines is 1. The lowest BCUT2D eigenvalue weighted by Crippen LogP contribution is -2.61. The number of hydrogen-bond donors (Lipinski definition) is 11. The van der Waals surface area contributed by atoms with Crippen molar-refractivity contribution < 1.29 is 53.4 Å². The summed E-state index contributed by atoms with van der Waals surface area (Å²) in [6.07, 6.45) is -2.00. The molecule has 9 amide bonds. The maximum atomic E-state index is 14.4. The van der Waals surface area contributed by atoms with Gasteiger partial charge in [-0.05, 0) is 36.8 Å². The minimum Gasteiger partial charge on any atom is -0.396 e. The van der Waals surface area contributed by atoms with E-state index in [2.05, 4.69) is 42.2 Å². The number of fused-ring (bicyclic) bond motifs is 5. The number of para-hydroxylation sites is 1. The summed E-state index contributed by atoms with van der Waals surface area (Å²) in [6, 6.07) is -2.75. The summed E-state index contributed by atoms with van der Waals surface area (Å²) < 4.78 is 0. The number of carbonyl (C=O) groups excluding carboxylic acids is 9. The lowest BCUT2D eigenvalue weighted by atomic mass is 9.96. The fourth-order valence-corrected chi connectivity index (χ4v) is 8.79. The Morgan fingerprint density at radius 3 is 2.23 bits per heavy atom. The van der Waals surface area contributed by atoms with Crippen LogP contribution in [0.25, 0.3) is 10.9 Å². The number of carbonyl (C=O) groups is 9. The van der Waals surface area contributed by atoms with Crippen molar-refractivity contribution in [1.82, 2.24) is 47.1 Å². The molecule has 338 valence electrons. The van der Waals surface area contributed by atoms with Crippen LogP contribution in [0.1, 0.15) is 58.9 Å². The van der Waals surface area contributed by atoms with Gasteiger partial charge in [0.15, 0.2) is 0 Å². The van der Waals surface area contributed by atoms with E-state index >= 15 is 0 Å². The lowest BCUT2D eigenvalue weighted by molar-refractivity contribution is -0.143. The second-order valence-corrected chi connectivity index (χ2v) is 17.1. The number of aliphatic hydroxyl groups is 2. The Morgan fingerprint density at radius 1 is 0.855 bits per heavy atom. The van der Waals surface area contributed by atoms with Crippen LogP contribution in [0.15, 0.2) is 29.3 Å². The van der Waals surface area contributed by atoms with Crippen LogP contribution in [-0.2, 0) is 49.6 Å². The molecule has 0 saturated carbocycles. The highest BCUT2D eigenvalue weighted by molar-refractivity contribution is 7.99. The van der Waals surface area contributed by atoms with Crippen molar-refractivity contribution in [3.63, 3.8) is 0 Å². The van der Waals surface area contributed by atoms with Gasteiger partial charge in [0.25, 0.3) is 0 Å². The number of aliphatic hydroxyl groups excluding tert-OH is 2. The summed E-state index contributed by atoms with van der Waals surface area (Å²) in [7, 11) is 0. The number of nitrogens with two attached hydrogens (primary N) is 1. The smallest absolute Gasteiger partial charge is 0.246 e. The zero-order valence-corrected chi connectivity index (χ0v) is 35.8. The second kappa shape index (κ2) is 20.9. The van der Waals surface area contributed by atoms with Crippen LogP contribution in [0.2, 0.25) is 0 Å². The predicted molar refractivity (Wildman–Crippen MR) is 223 cm³/mol. The molecule has 10 atom stereocenters. The SMILES string of the molecule is CC[C@H](C)C1NC(=O)CNC(=O)[C@@H]2Cc3c([nH]c4ccccc34)SC[C@H](NC(=O)[C@@H](C)NC1=O)C(=O)N[C@@H](CC(N)=O)C(=O)N1C[C@H](O)C[C@H]1C(=O)NC([C@@H](C)CCO)C(=O)N2. The molecule has 2 aromatic rings. The number of amides is 9. The average Bonchev–Trinajstić information content (AvgIpc) is 3.79. The van der Waals surface area contributed by atoms with Gasteiger partial charge in [-0.2, -0.15) is 0 Å². The van der Waals surface area contributed by atoms with Gasteiger partial charge in [-0.3, -0.25) is 43.2 Å². The maximum Gasteiger partial charge on any atom is 0.246 e. The first kappa shape index (κ1) is 47.3. The predicted octanol–water partition coefficient (Wildman–Crippen LogP) is -3.22. The molecule has 4 heterocycles. The Kier molecular flexibility index (Phi) is 15.9. The summed E-state index contributed by atoms with van der Waals surface area (Å²) in [5.74, 6) is -9.13. The maximum absolute atomic E-state index is 14.4. The molecule has 2 bridgehead atoms. The number of rotatable bonds is 7. The van der Waals surface area contributed by atoms with Crippen molar-refractivity contribution in [1.29, 1.82) is 0 Å². The molecule has 0 radical (unpaired) electrons. The highest BCUT2D eigenvalue weighted by atomic mass is 32.2. The van der Waals surface area contributed by atoms with Crippen LogP contribution in [-0.4, -0.2) is 147 Å². The fourth-order valence-electron chi connectivity index (χ4n) is 7.67. The fraction of sp³-hybridized carbons (Fsp3) is 0.575. The van der Waals surface area contributed by atoms with E-state index in [0.717, 1.165) is 16.7 Å². The second-order valence-electron chi connectivity index (χ2n) is 16.1. The Balaban J connectivity index is 1.69. The summed E-state index contributed by atoms with van der Waals surface area (Å²) in [4.78, 5) is 129. The molecule has 1 aromatic carbocycles. The Hall–Kier alpha value is -5.74. The molecule has 22 heteroatoms. The number of nitrogens with one attached hydrogen (secondary N) is 8. The topological polar surface area (TPSA) is 323 Å². The van der Waals surface area contributed by atoms with Crippen LogP contribution in [0.5, 0.6) is 0 Å². The third-order valence-electron chi connectivity index (χ3n) is 11.4. The van der Waals surface area contributed by atoms with Crippen molar-refractivity contribution in [3.8, 4) is 0 Å². The molecule has 62 heavy (non-hydrogen) atoms. The Bertz CT molecular complexity index is 2060. The summed E-state index contributed by atoms with van der Waals surface area (Å²) in [6.45, 7) is 5.06. The molecule has 0 aliphatic carbocycles. The number of hydrogen-bond acceptors (Lipinski definition) is 12. The van der Waals surface area contributed by atoms with Crippen molar-refractivity contribution in [2.24, 2.45) is 17.6 Å². The van der Waals surface area contributed by atoms with E-state index in [1.807, 2.05) is 0 Å². The molecule has 0 spiro atoms. The normalized spacial score (nSPS) is 28.5. The van der Waals surface area contributed by atoms with Crippen molar-refractivity contribution >= 4 is 75.8 Å². The average molecular weight is 885 g/mol. The highest BCUT2D eigenvalue weighted by Gasteiger charge is 2.44. The summed E-state index contributed by atoms with van der Waals surface area (Å²) in [5, 5.41) is 39.9. The largest absolute Gasteiger partial charge is 0.396 e. The van der Waals surface area contributed by atoms with Crippen LogP contribution in [0.4, 0.5) is 0 Å². The number of primary amides is 1. The van der Waals surface area contributed by atoms with Gasteiger partial charge < -0.3 is 63.0 Å². The van der Waals surface area contributed by atoms with Gasteiger partial charge >= 0.3 is 0 Å². The van der Waals surface area contributed by atoms with E-state index in [0.29, 0.717) is 27.9 Å². The molecule has 1 fully saturated rings. The standard InChI is InChI=1S/C40H56N10O11S/c1-5-18(2)31-37(59)43-20(4)33(55)46-27-17-62-39-23(22-8-6-7-9-24(22)47-39)13-25(34(56)42-15-30(54)48-31)44-38(60)32(19(3)10-11-51)49-36(58)28-12-21(52)16-50(28)40(61)26(14-29(41)53)45-35(27)57/h6-9,18-21,25-28,31-32,47,51-52H,5,10-17H2,1-4H3,(H2,41,53)(H,42,56)(H,43,59)(H,44,60)(H,45,57)(H,46,55)(H,48,54)(H,49,58)/t18-,19-,20+,21+,25-,26-,27-,28-,31?,32?/m0/s1. The lowest BCUT2D eigenvalue weighted by Gasteiger charge is -2.32. The number of benzene rings is 1. The Morgan fingerprint density at radius 2 is 1.53 bits per heavy atom. The molecule has 12 N–H and O–H groups in total. The van der Waals surface area contributed by atoms with Crippen LogP contribution in [0.3, 0.4) is 0 Å². The molecule has 21 nitrogen and oxygen atoms in total. The summed E-state index contributed by atoms with van der Waals surface area (Å²) >= 11 is 1.06. The van der Waals surface area contributed by atoms with Crippen LogP contribution < -0.4 is 43.0 Å². The van der Waals surface area contributed by atoms with Crippen molar-refractivity contribution in [2.75, 3.05) is 25.4 Å². The van der Waals surface area contributed by atoms with E-state index in [1.54, 1.807) is 45.0 Å². The van der Waals surface area contributed by atoms with Gasteiger partial charge in [-0.1, -0.05) is 45.4 Å². The first-order valence-electron chi connectivity index (χ1n) is 20.6. The van der Waals surface area contributed by atoms with Gasteiger partial charge in [0.2, 0.25) is 53.2 Å². The van der Waals surface area contributed by atoms with E-state index in [9.17, 15) is 53.4 Å². The number of aromatic nitrogens is 1. The molecule has 2 unspecified atom stereocenters. The molecule has 1 aromatic heterocycles. The van der Waals surface area contributed by atoms with Gasteiger partial charge in [-0.15, -0.1) is 11.8 Å². The zero-order valence-electron chi connectivity index (χ0n) is 34.9. The zero-order chi connectivity index (χ0) is 45.4. The van der Waals surface area contributed by atoms with Gasteiger partial charge in [-0.25, -0.2) is 0 Å². The van der Waals surface area contributed by atoms with Crippen molar-refractivity contribution in [3.05, 3.63) is 29.8 Å². The molecule has 5 rings (SSSR count). The van der Waals surface area contributed by atoms with E-state index in [1.165, 1.54) is 6.92 Å². The minimum absolute atomic E-state index is 0.0166. The minimum atomic E-state index is -1.68. The molecule has 1 saturated heterocycles. The van der Waals surface area contributed by atoms with Gasteiger partial charge in [0.05, 0.1) is 24.1 Å². The molecular formula is C40H56N10O11S. The number of thioether (sulfide) groups is 1. The number of H-pyrrole nitrogens is 1.